The molecule has 1 fully saturated rings. The van der Waals surface area contributed by atoms with Crippen LogP contribution in [0.5, 0.6) is 0 Å². The van der Waals surface area contributed by atoms with Gasteiger partial charge in [0.15, 0.2) is 0 Å². The summed E-state index contributed by atoms with van der Waals surface area (Å²) in [7, 11) is 0. The van der Waals surface area contributed by atoms with Gasteiger partial charge in [-0.05, 0) is 31.4 Å². The fourth-order valence-corrected chi connectivity index (χ4v) is 3.21. The zero-order valence-corrected chi connectivity index (χ0v) is 12.2. The average Bonchev–Trinajstić information content (AvgIpc) is 2.43. The molecule has 0 N–H and O–H groups in total. The van der Waals surface area contributed by atoms with Crippen molar-refractivity contribution in [3.8, 4) is 0 Å². The number of rotatable bonds is 3. The van der Waals surface area contributed by atoms with Crippen LogP contribution < -0.4 is 4.90 Å². The van der Waals surface area contributed by atoms with E-state index in [2.05, 4.69) is 60.7 Å². The van der Waals surface area contributed by atoms with Crippen LogP contribution in [0.25, 0.3) is 0 Å². The van der Waals surface area contributed by atoms with Gasteiger partial charge in [0, 0.05) is 24.4 Å². The lowest BCUT2D eigenvalue weighted by molar-refractivity contribution is 0.235. The van der Waals surface area contributed by atoms with Crippen molar-refractivity contribution in [1.82, 2.24) is 4.90 Å². The van der Waals surface area contributed by atoms with Gasteiger partial charge in [-0.1, -0.05) is 43.5 Å². The summed E-state index contributed by atoms with van der Waals surface area (Å²) in [6.45, 7) is 15.7. The highest BCUT2D eigenvalue weighted by Gasteiger charge is 2.36. The summed E-state index contributed by atoms with van der Waals surface area (Å²) in [5, 5.41) is 0. The molecule has 0 saturated carbocycles. The van der Waals surface area contributed by atoms with Gasteiger partial charge in [0.25, 0.3) is 0 Å². The number of para-hydroxylation sites is 1. The molecule has 1 aromatic carbocycles. The van der Waals surface area contributed by atoms with E-state index in [0.717, 1.165) is 30.9 Å². The first kappa shape index (κ1) is 13.0. The lowest BCUT2D eigenvalue weighted by Gasteiger charge is -2.49. The van der Waals surface area contributed by atoms with E-state index in [1.54, 1.807) is 0 Å². The minimum atomic E-state index is 0.365. The normalized spacial score (nSPS) is 21.2. The van der Waals surface area contributed by atoms with Gasteiger partial charge in [0.2, 0.25) is 0 Å². The third-order valence-corrected chi connectivity index (χ3v) is 4.35. The van der Waals surface area contributed by atoms with Gasteiger partial charge in [-0.15, -0.1) is 0 Å². The van der Waals surface area contributed by atoms with Crippen molar-refractivity contribution in [1.29, 1.82) is 0 Å². The minimum absolute atomic E-state index is 0.365. The van der Waals surface area contributed by atoms with E-state index >= 15 is 0 Å². The molecule has 1 saturated heterocycles. The average molecular weight is 266 g/mol. The van der Waals surface area contributed by atoms with E-state index in [4.69, 9.17) is 0 Å². The number of hydrogen-bond acceptors (Lipinski definition) is 2. The molecule has 0 bridgehead atoms. The SMILES string of the molecule is C=C(C)C1CC(=C)N1C(=C)N1CCCc2ccccc21. The molecule has 2 nitrogen and oxygen atoms in total. The third kappa shape index (κ3) is 1.96. The van der Waals surface area contributed by atoms with E-state index in [1.165, 1.54) is 23.2 Å². The lowest BCUT2D eigenvalue weighted by atomic mass is 9.93. The molecule has 0 spiro atoms. The van der Waals surface area contributed by atoms with Gasteiger partial charge in [-0.25, -0.2) is 0 Å². The fraction of sp³-hybridized carbons (Fsp3) is 0.333. The van der Waals surface area contributed by atoms with E-state index in [0.29, 0.717) is 6.04 Å². The number of nitrogens with zero attached hydrogens (tertiary/aromatic N) is 2. The van der Waals surface area contributed by atoms with E-state index < -0.39 is 0 Å². The van der Waals surface area contributed by atoms with Crippen LogP contribution in [-0.2, 0) is 6.42 Å². The van der Waals surface area contributed by atoms with Crippen molar-refractivity contribution in [3.05, 3.63) is 66.7 Å². The Morgan fingerprint density at radius 3 is 2.70 bits per heavy atom. The monoisotopic (exact) mass is 266 g/mol. The predicted octanol–water partition coefficient (Wildman–Crippen LogP) is 4.07. The highest BCUT2D eigenvalue weighted by atomic mass is 15.4. The van der Waals surface area contributed by atoms with Crippen LogP contribution in [0.4, 0.5) is 5.69 Å². The lowest BCUT2D eigenvalue weighted by Crippen LogP contribution is -2.49. The van der Waals surface area contributed by atoms with Gasteiger partial charge in [0.1, 0.15) is 5.82 Å². The Labute approximate surface area is 121 Å². The molecule has 104 valence electrons. The second-order valence-electron chi connectivity index (χ2n) is 5.80. The molecule has 3 rings (SSSR count). The molecule has 0 aromatic heterocycles. The topological polar surface area (TPSA) is 6.48 Å². The van der Waals surface area contributed by atoms with Crippen LogP contribution >= 0.6 is 0 Å². The van der Waals surface area contributed by atoms with Crippen molar-refractivity contribution in [2.75, 3.05) is 11.4 Å². The van der Waals surface area contributed by atoms with Crippen molar-refractivity contribution >= 4 is 5.69 Å². The summed E-state index contributed by atoms with van der Waals surface area (Å²) in [5.74, 6) is 1.04. The van der Waals surface area contributed by atoms with Crippen molar-refractivity contribution in [3.63, 3.8) is 0 Å². The molecule has 2 heteroatoms. The summed E-state index contributed by atoms with van der Waals surface area (Å²) in [6, 6.07) is 8.99. The summed E-state index contributed by atoms with van der Waals surface area (Å²) in [4.78, 5) is 4.57. The Kier molecular flexibility index (Phi) is 3.17. The molecule has 1 atom stereocenters. The maximum Gasteiger partial charge on any atom is 0.106 e. The van der Waals surface area contributed by atoms with Gasteiger partial charge >= 0.3 is 0 Å². The molecular weight excluding hydrogens is 244 g/mol. The van der Waals surface area contributed by atoms with E-state index in [-0.39, 0.29) is 0 Å². The number of hydrogen-bond donors (Lipinski definition) is 0. The molecule has 0 aliphatic carbocycles. The first-order valence-corrected chi connectivity index (χ1v) is 7.26. The summed E-state index contributed by atoms with van der Waals surface area (Å²) < 4.78 is 0. The predicted molar refractivity (Wildman–Crippen MR) is 85.4 cm³/mol. The first-order chi connectivity index (χ1) is 9.59. The number of benzene rings is 1. The van der Waals surface area contributed by atoms with Gasteiger partial charge in [-0.2, -0.15) is 0 Å². The van der Waals surface area contributed by atoms with Crippen molar-refractivity contribution in [2.24, 2.45) is 0 Å². The molecule has 20 heavy (non-hydrogen) atoms. The van der Waals surface area contributed by atoms with Crippen LogP contribution in [0.1, 0.15) is 25.3 Å². The minimum Gasteiger partial charge on any atom is -0.328 e. The fourth-order valence-electron chi connectivity index (χ4n) is 3.21. The smallest absolute Gasteiger partial charge is 0.106 e. The summed E-state index contributed by atoms with van der Waals surface area (Å²) in [6.07, 6.45) is 3.34. The Morgan fingerprint density at radius 2 is 2.00 bits per heavy atom. The van der Waals surface area contributed by atoms with Gasteiger partial charge in [0.05, 0.1) is 6.04 Å². The quantitative estimate of drug-likeness (QED) is 0.761. The zero-order valence-electron chi connectivity index (χ0n) is 12.2. The van der Waals surface area contributed by atoms with Gasteiger partial charge < -0.3 is 9.80 Å². The van der Waals surface area contributed by atoms with Gasteiger partial charge in [-0.3, -0.25) is 0 Å². The van der Waals surface area contributed by atoms with E-state index in [1.807, 2.05) is 0 Å². The third-order valence-electron chi connectivity index (χ3n) is 4.35. The number of fused-ring (bicyclic) bond motifs is 1. The highest BCUT2D eigenvalue weighted by molar-refractivity contribution is 5.59. The second-order valence-corrected chi connectivity index (χ2v) is 5.80. The Hall–Kier alpha value is -1.96. The maximum atomic E-state index is 4.33. The molecule has 0 amide bonds. The zero-order chi connectivity index (χ0) is 14.3. The molecular formula is C18H22N2. The van der Waals surface area contributed by atoms with Crippen LogP contribution in [0.3, 0.4) is 0 Å². The van der Waals surface area contributed by atoms with Crippen molar-refractivity contribution < 1.29 is 0 Å². The largest absolute Gasteiger partial charge is 0.328 e. The molecule has 2 aliphatic heterocycles. The second kappa shape index (κ2) is 4.86. The maximum absolute atomic E-state index is 4.33. The standard InChI is InChI=1S/C18H22N2/c1-13(2)18-12-14(3)20(18)15(4)19-11-7-9-16-8-5-6-10-17(16)19/h5-6,8,10,18H,1,3-4,7,9,11-12H2,2H3. The van der Waals surface area contributed by atoms with Crippen LogP contribution in [0, 0.1) is 0 Å². The molecule has 1 unspecified atom stereocenters. The van der Waals surface area contributed by atoms with E-state index in [9.17, 15) is 0 Å². The molecule has 2 heterocycles. The Morgan fingerprint density at radius 1 is 1.25 bits per heavy atom. The van der Waals surface area contributed by atoms with Crippen LogP contribution in [0.2, 0.25) is 0 Å². The highest BCUT2D eigenvalue weighted by Crippen LogP contribution is 2.39. The first-order valence-electron chi connectivity index (χ1n) is 7.26. The molecule has 2 aliphatic rings. The van der Waals surface area contributed by atoms with Crippen LogP contribution in [0.15, 0.2) is 61.1 Å². The summed E-state index contributed by atoms with van der Waals surface area (Å²) in [5.41, 5.74) is 5.04. The molecule has 0 radical (unpaired) electrons. The molecule has 1 aromatic rings. The van der Waals surface area contributed by atoms with Crippen molar-refractivity contribution in [2.45, 2.75) is 32.2 Å². The number of aryl methyl sites for hydroxylation is 1. The van der Waals surface area contributed by atoms with Crippen LogP contribution in [-0.4, -0.2) is 17.5 Å². The number of anilines is 1. The Bertz CT molecular complexity index is 585. The Balaban J connectivity index is 1.89. The summed E-state index contributed by atoms with van der Waals surface area (Å²) >= 11 is 0. The number of likely N-dealkylation sites (tertiary alicyclic amines) is 1.